The van der Waals surface area contributed by atoms with Crippen LogP contribution in [0.15, 0.2) is 48.8 Å². The second-order valence-corrected chi connectivity index (χ2v) is 7.53. The molecule has 0 saturated heterocycles. The fraction of sp³-hybridized carbons (Fsp3) is 0.238. The van der Waals surface area contributed by atoms with Crippen LogP contribution < -0.4 is 15.0 Å². The molecule has 0 radical (unpaired) electrons. The van der Waals surface area contributed by atoms with Gasteiger partial charge in [0.2, 0.25) is 12.1 Å². The van der Waals surface area contributed by atoms with Gasteiger partial charge in [0.25, 0.3) is 0 Å². The molecule has 0 spiro atoms. The number of nitrogen functional groups attached to an aromatic ring is 1. The number of nitrogens with zero attached hydrogens (tertiary/aromatic N) is 3. The largest absolute Gasteiger partial charge is 0.508 e. The summed E-state index contributed by atoms with van der Waals surface area (Å²) in [5, 5.41) is 10.5. The predicted octanol–water partition coefficient (Wildman–Crippen LogP) is 3.16. The number of hydrogen-bond acceptors (Lipinski definition) is 5. The minimum atomic E-state index is -0.243. The van der Waals surface area contributed by atoms with Crippen molar-refractivity contribution in [3.8, 4) is 17.4 Å². The maximum absolute atomic E-state index is 9.91. The first kappa shape index (κ1) is 18.5. The van der Waals surface area contributed by atoms with E-state index in [1.807, 2.05) is 49.0 Å². The monoisotopic (exact) mass is 397 g/mol. The Morgan fingerprint density at radius 3 is 2.75 bits per heavy atom. The lowest BCUT2D eigenvalue weighted by Crippen LogP contribution is -2.43. The van der Waals surface area contributed by atoms with E-state index in [9.17, 15) is 5.11 Å². The van der Waals surface area contributed by atoms with Gasteiger partial charge in [-0.25, -0.2) is 4.57 Å². The van der Waals surface area contributed by atoms with Gasteiger partial charge in [0.15, 0.2) is 0 Å². The van der Waals surface area contributed by atoms with Crippen LogP contribution in [0, 0.1) is 0 Å². The van der Waals surface area contributed by atoms with Gasteiger partial charge in [0, 0.05) is 23.2 Å². The third kappa shape index (κ3) is 3.25. The minimum Gasteiger partial charge on any atom is -0.508 e. The molecular formula is C21H22ClN4O2+. The fourth-order valence-electron chi connectivity index (χ4n) is 3.50. The summed E-state index contributed by atoms with van der Waals surface area (Å²) in [5.74, 6) is 1.46. The highest BCUT2D eigenvalue weighted by atomic mass is 35.5. The van der Waals surface area contributed by atoms with Gasteiger partial charge < -0.3 is 20.5 Å². The molecule has 144 valence electrons. The molecule has 1 aliphatic rings. The number of benzene rings is 2. The van der Waals surface area contributed by atoms with Gasteiger partial charge >= 0.3 is 5.88 Å². The zero-order valence-electron chi connectivity index (χ0n) is 15.8. The molecule has 4 rings (SSSR count). The standard InChI is InChI=1S/C21H21ClN4O2/c1-25(2)9-10-26-12-24-21-19(20(26)23)18(14-5-3-4-6-16(14)22)15-8-7-13(27)11-17(15)28-21/h3-8,11-12,18,23,27H,9-10H2,1-2H3/p+1/t18-/m1/s1. The number of fused-ring (bicyclic) bond motifs is 2. The summed E-state index contributed by atoms with van der Waals surface area (Å²) in [7, 11) is 4.03. The molecule has 0 aliphatic carbocycles. The van der Waals surface area contributed by atoms with Crippen molar-refractivity contribution in [2.75, 3.05) is 26.4 Å². The number of phenols is 1. The number of aromatic hydroxyl groups is 1. The number of rotatable bonds is 4. The molecule has 7 heteroatoms. The van der Waals surface area contributed by atoms with Gasteiger partial charge in [-0.1, -0.05) is 40.9 Å². The van der Waals surface area contributed by atoms with Crippen molar-refractivity contribution in [2.45, 2.75) is 12.5 Å². The van der Waals surface area contributed by atoms with E-state index in [0.717, 1.165) is 23.2 Å². The van der Waals surface area contributed by atoms with Crippen LogP contribution >= 0.6 is 11.6 Å². The van der Waals surface area contributed by atoms with Crippen LogP contribution in [0.25, 0.3) is 0 Å². The van der Waals surface area contributed by atoms with Crippen LogP contribution in [-0.4, -0.2) is 35.6 Å². The van der Waals surface area contributed by atoms with E-state index in [-0.39, 0.29) is 11.7 Å². The number of nitrogens with two attached hydrogens (primary N) is 1. The molecule has 2 aromatic carbocycles. The van der Waals surface area contributed by atoms with E-state index in [1.165, 1.54) is 0 Å². The van der Waals surface area contributed by atoms with Crippen LogP contribution in [0.4, 0.5) is 5.82 Å². The molecule has 6 nitrogen and oxygen atoms in total. The zero-order chi connectivity index (χ0) is 19.8. The lowest BCUT2D eigenvalue weighted by molar-refractivity contribution is -0.685. The van der Waals surface area contributed by atoms with Crippen LogP contribution in [0.5, 0.6) is 17.4 Å². The number of halogens is 1. The minimum absolute atomic E-state index is 0.130. The van der Waals surface area contributed by atoms with Crippen LogP contribution in [0.2, 0.25) is 5.02 Å². The predicted molar refractivity (Wildman–Crippen MR) is 108 cm³/mol. The van der Waals surface area contributed by atoms with E-state index in [4.69, 9.17) is 22.1 Å². The van der Waals surface area contributed by atoms with Crippen molar-refractivity contribution in [3.63, 3.8) is 0 Å². The van der Waals surface area contributed by atoms with Crippen molar-refractivity contribution in [2.24, 2.45) is 0 Å². The summed E-state index contributed by atoms with van der Waals surface area (Å²) in [6, 6.07) is 12.8. The normalized spacial score (nSPS) is 15.1. The van der Waals surface area contributed by atoms with Gasteiger partial charge in [-0.3, -0.25) is 0 Å². The van der Waals surface area contributed by atoms with Gasteiger partial charge in [-0.05, 0) is 31.8 Å². The van der Waals surface area contributed by atoms with Crippen molar-refractivity contribution in [1.82, 2.24) is 9.88 Å². The number of likely N-dealkylation sites (N-methyl/N-ethyl adjacent to an activating group) is 1. The number of hydrogen-bond donors (Lipinski definition) is 2. The molecule has 1 atom stereocenters. The molecule has 0 saturated carbocycles. The molecule has 1 aliphatic heterocycles. The third-order valence-electron chi connectivity index (χ3n) is 4.94. The van der Waals surface area contributed by atoms with E-state index < -0.39 is 0 Å². The first-order valence-corrected chi connectivity index (χ1v) is 9.41. The number of phenolic OH excluding ortho intramolecular Hbond substituents is 1. The molecule has 28 heavy (non-hydrogen) atoms. The summed E-state index contributed by atoms with van der Waals surface area (Å²) in [6.07, 6.45) is 1.69. The van der Waals surface area contributed by atoms with Crippen molar-refractivity contribution in [3.05, 3.63) is 70.5 Å². The molecule has 1 aromatic heterocycles. The lowest BCUT2D eigenvalue weighted by Gasteiger charge is -2.27. The second kappa shape index (κ2) is 7.30. The van der Waals surface area contributed by atoms with Crippen molar-refractivity contribution >= 4 is 17.4 Å². The Kier molecular flexibility index (Phi) is 4.83. The summed E-state index contributed by atoms with van der Waals surface area (Å²) >= 11 is 6.55. The molecule has 0 unspecified atom stereocenters. The molecule has 0 bridgehead atoms. The van der Waals surface area contributed by atoms with Crippen LogP contribution in [-0.2, 0) is 6.54 Å². The Labute approximate surface area is 168 Å². The SMILES string of the molecule is CN(C)CC[n+]1cnc2c(c1N)[C@H](c1ccccc1Cl)c1ccc(O)cc1O2. The van der Waals surface area contributed by atoms with Crippen molar-refractivity contribution in [1.29, 1.82) is 0 Å². The first-order valence-electron chi connectivity index (χ1n) is 9.03. The molecule has 2 heterocycles. The molecule has 3 aromatic rings. The average Bonchev–Trinajstić information content (AvgIpc) is 2.66. The lowest BCUT2D eigenvalue weighted by atomic mass is 9.83. The third-order valence-corrected chi connectivity index (χ3v) is 5.28. The molecule has 3 N–H and O–H groups in total. The quantitative estimate of drug-likeness (QED) is 0.517. The number of anilines is 1. The van der Waals surface area contributed by atoms with Gasteiger partial charge in [-0.2, -0.15) is 0 Å². The summed E-state index contributed by atoms with van der Waals surface area (Å²) < 4.78 is 7.92. The second-order valence-electron chi connectivity index (χ2n) is 7.12. The summed E-state index contributed by atoms with van der Waals surface area (Å²) in [6.45, 7) is 1.54. The highest BCUT2D eigenvalue weighted by molar-refractivity contribution is 6.31. The molecule has 0 fully saturated rings. The topological polar surface area (TPSA) is 75.5 Å². The van der Waals surface area contributed by atoms with E-state index in [0.29, 0.717) is 29.0 Å². The number of aromatic nitrogens is 2. The zero-order valence-corrected chi connectivity index (χ0v) is 16.5. The highest BCUT2D eigenvalue weighted by Gasteiger charge is 2.37. The van der Waals surface area contributed by atoms with E-state index >= 15 is 0 Å². The van der Waals surface area contributed by atoms with Crippen molar-refractivity contribution < 1.29 is 14.4 Å². The van der Waals surface area contributed by atoms with Gasteiger partial charge in [0.1, 0.15) is 17.1 Å². The Hall–Kier alpha value is -2.83. The first-order chi connectivity index (χ1) is 13.5. The van der Waals surface area contributed by atoms with Crippen LogP contribution in [0.3, 0.4) is 0 Å². The average molecular weight is 398 g/mol. The fourth-order valence-corrected chi connectivity index (χ4v) is 3.74. The number of ether oxygens (including phenoxy) is 1. The Bertz CT molecular complexity index is 1040. The molecular weight excluding hydrogens is 376 g/mol. The van der Waals surface area contributed by atoms with E-state index in [1.54, 1.807) is 18.5 Å². The van der Waals surface area contributed by atoms with E-state index in [2.05, 4.69) is 9.88 Å². The Morgan fingerprint density at radius 2 is 2.00 bits per heavy atom. The maximum atomic E-state index is 9.91. The Balaban J connectivity index is 1.92. The maximum Gasteiger partial charge on any atom is 0.306 e. The summed E-state index contributed by atoms with van der Waals surface area (Å²) in [4.78, 5) is 6.60. The van der Waals surface area contributed by atoms with Gasteiger partial charge in [0.05, 0.1) is 12.5 Å². The Morgan fingerprint density at radius 1 is 1.21 bits per heavy atom. The van der Waals surface area contributed by atoms with Crippen LogP contribution in [0.1, 0.15) is 22.6 Å². The molecule has 0 amide bonds. The highest BCUT2D eigenvalue weighted by Crippen LogP contribution is 2.49. The van der Waals surface area contributed by atoms with Gasteiger partial charge in [-0.15, -0.1) is 0 Å². The smallest absolute Gasteiger partial charge is 0.306 e. The summed E-state index contributed by atoms with van der Waals surface area (Å²) in [5.41, 5.74) is 9.17.